The van der Waals surface area contributed by atoms with Crippen molar-refractivity contribution in [3.05, 3.63) is 88.4 Å². The summed E-state index contributed by atoms with van der Waals surface area (Å²) in [6.07, 6.45) is 4.87. The maximum atomic E-state index is 13.3. The molecule has 4 aromatic rings. The van der Waals surface area contributed by atoms with Gasteiger partial charge in [0.15, 0.2) is 0 Å². The number of carbonyl (C=O) groups excluding carboxylic acids is 1. The zero-order valence-corrected chi connectivity index (χ0v) is 18.7. The van der Waals surface area contributed by atoms with Crippen LogP contribution in [0, 0.1) is 5.92 Å². The molecule has 1 aliphatic rings. The van der Waals surface area contributed by atoms with Crippen LogP contribution in [0.1, 0.15) is 12.8 Å². The minimum Gasteiger partial charge on any atom is -0.366 e. The molecule has 166 valence electrons. The van der Waals surface area contributed by atoms with Gasteiger partial charge in [-0.15, -0.1) is 0 Å². The number of rotatable bonds is 4. The van der Waals surface area contributed by atoms with Crippen LogP contribution in [0.3, 0.4) is 0 Å². The van der Waals surface area contributed by atoms with E-state index in [-0.39, 0.29) is 17.4 Å². The number of halogens is 1. The second kappa shape index (κ2) is 9.08. The number of H-pyrrole nitrogens is 1. The lowest BCUT2D eigenvalue weighted by Crippen LogP contribution is -2.43. The molecule has 1 atom stereocenters. The Labute approximate surface area is 196 Å². The second-order valence-electron chi connectivity index (χ2n) is 8.25. The summed E-state index contributed by atoms with van der Waals surface area (Å²) in [5, 5.41) is 4.43. The average Bonchev–Trinajstić information content (AvgIpc) is 2.85. The van der Waals surface area contributed by atoms with Crippen LogP contribution in [-0.4, -0.2) is 29.0 Å². The molecule has 1 unspecified atom stereocenters. The average molecular weight is 459 g/mol. The number of piperidine rings is 1. The Morgan fingerprint density at radius 3 is 2.76 bits per heavy atom. The predicted molar refractivity (Wildman–Crippen MR) is 133 cm³/mol. The van der Waals surface area contributed by atoms with E-state index >= 15 is 0 Å². The van der Waals surface area contributed by atoms with E-state index in [9.17, 15) is 9.59 Å². The maximum absolute atomic E-state index is 13.3. The molecule has 5 rings (SSSR count). The fourth-order valence-electron chi connectivity index (χ4n) is 4.53. The molecule has 0 bridgehead atoms. The summed E-state index contributed by atoms with van der Waals surface area (Å²) >= 11 is 6.33. The van der Waals surface area contributed by atoms with Crippen LogP contribution in [0.2, 0.25) is 5.02 Å². The Morgan fingerprint density at radius 2 is 1.97 bits per heavy atom. The quantitative estimate of drug-likeness (QED) is 0.446. The van der Waals surface area contributed by atoms with E-state index < -0.39 is 0 Å². The monoisotopic (exact) mass is 458 g/mol. The predicted octanol–water partition coefficient (Wildman–Crippen LogP) is 5.10. The van der Waals surface area contributed by atoms with E-state index in [1.165, 1.54) is 0 Å². The standard InChI is InChI=1S/C26H23ClN4O2/c27-19-10-11-22-21(14-19)23(17-6-2-1-3-7-17)24(26(33)30-22)31-13-5-8-18(16-31)25(32)29-20-9-4-12-28-15-20/h1-4,6-7,9-12,14-15,18H,5,8,13,16H2,(H,29,32)(H,30,33). The normalized spacial score (nSPS) is 16.0. The number of anilines is 2. The van der Waals surface area contributed by atoms with Crippen LogP contribution in [-0.2, 0) is 4.79 Å². The topological polar surface area (TPSA) is 78.1 Å². The molecule has 0 saturated carbocycles. The maximum Gasteiger partial charge on any atom is 0.272 e. The molecule has 3 heterocycles. The molecule has 2 aromatic heterocycles. The summed E-state index contributed by atoms with van der Waals surface area (Å²) in [6.45, 7) is 1.16. The zero-order chi connectivity index (χ0) is 22.8. The second-order valence-corrected chi connectivity index (χ2v) is 8.69. The Balaban J connectivity index is 1.56. The lowest BCUT2D eigenvalue weighted by molar-refractivity contribution is -0.120. The van der Waals surface area contributed by atoms with Crippen LogP contribution in [0.25, 0.3) is 22.0 Å². The molecule has 2 aromatic carbocycles. The number of hydrogen-bond donors (Lipinski definition) is 2. The van der Waals surface area contributed by atoms with E-state index in [4.69, 9.17) is 11.6 Å². The summed E-state index contributed by atoms with van der Waals surface area (Å²) in [5.41, 5.74) is 3.59. The molecular formula is C26H23ClN4O2. The fraction of sp³-hybridized carbons (Fsp3) is 0.192. The molecule has 2 N–H and O–H groups in total. The molecule has 33 heavy (non-hydrogen) atoms. The molecule has 0 aliphatic carbocycles. The first kappa shape index (κ1) is 21.2. The summed E-state index contributed by atoms with van der Waals surface area (Å²) in [5.74, 6) is -0.300. The smallest absolute Gasteiger partial charge is 0.272 e. The third-order valence-corrected chi connectivity index (χ3v) is 6.29. The summed E-state index contributed by atoms with van der Waals surface area (Å²) in [4.78, 5) is 35.4. The van der Waals surface area contributed by atoms with Gasteiger partial charge in [-0.25, -0.2) is 0 Å². The third-order valence-electron chi connectivity index (χ3n) is 6.05. The van der Waals surface area contributed by atoms with Gasteiger partial charge in [0.05, 0.1) is 17.8 Å². The molecule has 6 nitrogen and oxygen atoms in total. The number of pyridine rings is 2. The Morgan fingerprint density at radius 1 is 1.12 bits per heavy atom. The Kier molecular flexibility index (Phi) is 5.84. The Bertz CT molecular complexity index is 1360. The van der Waals surface area contributed by atoms with Crippen molar-refractivity contribution in [2.45, 2.75) is 12.8 Å². The SMILES string of the molecule is O=C(Nc1cccnc1)C1CCCN(c2c(-c3ccccc3)c3cc(Cl)ccc3[nH]c2=O)C1. The molecule has 1 amide bonds. The number of nitrogens with one attached hydrogen (secondary N) is 2. The van der Waals surface area contributed by atoms with Crippen LogP contribution >= 0.6 is 11.6 Å². The van der Waals surface area contributed by atoms with Crippen molar-refractivity contribution in [2.24, 2.45) is 5.92 Å². The van der Waals surface area contributed by atoms with E-state index in [2.05, 4.69) is 15.3 Å². The van der Waals surface area contributed by atoms with E-state index in [0.29, 0.717) is 29.5 Å². The van der Waals surface area contributed by atoms with Gasteiger partial charge in [0, 0.05) is 40.8 Å². The van der Waals surface area contributed by atoms with Crippen LogP contribution in [0.5, 0.6) is 0 Å². The summed E-state index contributed by atoms with van der Waals surface area (Å²) in [7, 11) is 0. The molecule has 7 heteroatoms. The number of carbonyl (C=O) groups is 1. The first-order valence-electron chi connectivity index (χ1n) is 11.0. The number of hydrogen-bond acceptors (Lipinski definition) is 4. The van der Waals surface area contributed by atoms with Gasteiger partial charge in [-0.3, -0.25) is 14.6 Å². The van der Waals surface area contributed by atoms with Crippen molar-refractivity contribution in [1.82, 2.24) is 9.97 Å². The van der Waals surface area contributed by atoms with E-state index in [0.717, 1.165) is 34.9 Å². The van der Waals surface area contributed by atoms with Crippen molar-refractivity contribution in [2.75, 3.05) is 23.3 Å². The zero-order valence-electron chi connectivity index (χ0n) is 17.9. The lowest BCUT2D eigenvalue weighted by atomic mass is 9.94. The lowest BCUT2D eigenvalue weighted by Gasteiger charge is -2.34. The van der Waals surface area contributed by atoms with Gasteiger partial charge >= 0.3 is 0 Å². The first-order valence-corrected chi connectivity index (χ1v) is 11.3. The van der Waals surface area contributed by atoms with Gasteiger partial charge in [-0.1, -0.05) is 41.9 Å². The highest BCUT2D eigenvalue weighted by Crippen LogP contribution is 2.37. The first-order chi connectivity index (χ1) is 16.1. The van der Waals surface area contributed by atoms with Crippen LogP contribution < -0.4 is 15.8 Å². The fourth-order valence-corrected chi connectivity index (χ4v) is 4.70. The van der Waals surface area contributed by atoms with Crippen LogP contribution in [0.15, 0.2) is 77.9 Å². The molecule has 0 radical (unpaired) electrons. The van der Waals surface area contributed by atoms with Crippen molar-refractivity contribution >= 4 is 39.8 Å². The van der Waals surface area contributed by atoms with Gasteiger partial charge in [-0.05, 0) is 48.7 Å². The van der Waals surface area contributed by atoms with Crippen LogP contribution in [0.4, 0.5) is 11.4 Å². The molecule has 0 spiro atoms. The van der Waals surface area contributed by atoms with Crippen molar-refractivity contribution < 1.29 is 4.79 Å². The van der Waals surface area contributed by atoms with E-state index in [1.54, 1.807) is 24.5 Å². The molecule has 1 saturated heterocycles. The van der Waals surface area contributed by atoms with E-state index in [1.807, 2.05) is 53.4 Å². The molecule has 1 fully saturated rings. The number of aromatic nitrogens is 2. The molecular weight excluding hydrogens is 436 g/mol. The van der Waals surface area contributed by atoms with Gasteiger partial charge in [0.1, 0.15) is 5.69 Å². The number of fused-ring (bicyclic) bond motifs is 1. The van der Waals surface area contributed by atoms with Crippen molar-refractivity contribution in [1.29, 1.82) is 0 Å². The van der Waals surface area contributed by atoms with Crippen molar-refractivity contribution in [3.8, 4) is 11.1 Å². The summed E-state index contributed by atoms with van der Waals surface area (Å²) < 4.78 is 0. The summed E-state index contributed by atoms with van der Waals surface area (Å²) in [6, 6.07) is 18.9. The Hall–Kier alpha value is -3.64. The van der Waals surface area contributed by atoms with Gasteiger partial charge in [0.2, 0.25) is 5.91 Å². The highest BCUT2D eigenvalue weighted by atomic mass is 35.5. The third kappa shape index (κ3) is 4.34. The van der Waals surface area contributed by atoms with Gasteiger partial charge in [0.25, 0.3) is 5.56 Å². The number of benzene rings is 2. The highest BCUT2D eigenvalue weighted by molar-refractivity contribution is 6.31. The number of nitrogens with zero attached hydrogens (tertiary/aromatic N) is 2. The minimum atomic E-state index is -0.239. The number of amides is 1. The largest absolute Gasteiger partial charge is 0.366 e. The van der Waals surface area contributed by atoms with Crippen molar-refractivity contribution in [3.63, 3.8) is 0 Å². The molecule has 1 aliphatic heterocycles. The number of aromatic amines is 1. The minimum absolute atomic E-state index is 0.0609. The van der Waals surface area contributed by atoms with Gasteiger partial charge in [-0.2, -0.15) is 0 Å². The van der Waals surface area contributed by atoms with Gasteiger partial charge < -0.3 is 15.2 Å². The highest BCUT2D eigenvalue weighted by Gasteiger charge is 2.29.